The molecule has 0 radical (unpaired) electrons. The van der Waals surface area contributed by atoms with Crippen LogP contribution in [-0.4, -0.2) is 27.1 Å². The van der Waals surface area contributed by atoms with Crippen molar-refractivity contribution in [2.75, 3.05) is 6.54 Å². The Kier molecular flexibility index (Phi) is 6.33. The maximum atomic E-state index is 13.0. The summed E-state index contributed by atoms with van der Waals surface area (Å²) in [5.41, 5.74) is 2.57. The lowest BCUT2D eigenvalue weighted by molar-refractivity contribution is -0.133. The van der Waals surface area contributed by atoms with Crippen LogP contribution in [0.2, 0.25) is 5.02 Å². The van der Waals surface area contributed by atoms with Gasteiger partial charge in [-0.15, -0.1) is 0 Å². The van der Waals surface area contributed by atoms with Gasteiger partial charge >= 0.3 is 0 Å². The van der Waals surface area contributed by atoms with Crippen LogP contribution in [0.1, 0.15) is 37.9 Å². The lowest BCUT2D eigenvalue weighted by Crippen LogP contribution is -2.35. The third-order valence-corrected chi connectivity index (χ3v) is 5.56. The van der Waals surface area contributed by atoms with Crippen molar-refractivity contribution in [3.63, 3.8) is 0 Å². The highest BCUT2D eigenvalue weighted by Gasteiger charge is 2.34. The largest absolute Gasteiger partial charge is 0.439 e. The van der Waals surface area contributed by atoms with Gasteiger partial charge in [-0.3, -0.25) is 4.79 Å². The maximum Gasteiger partial charge on any atom is 0.227 e. The Bertz CT molecular complexity index is 1060. The molecule has 0 saturated heterocycles. The molecule has 6 heteroatoms. The van der Waals surface area contributed by atoms with Gasteiger partial charge in [0.25, 0.3) is 0 Å². The highest BCUT2D eigenvalue weighted by molar-refractivity contribution is 6.30. The maximum absolute atomic E-state index is 13.0. The minimum absolute atomic E-state index is 0.167. The Balaban J connectivity index is 1.75. The summed E-state index contributed by atoms with van der Waals surface area (Å²) in [7, 11) is 0. The number of benzene rings is 2. The van der Waals surface area contributed by atoms with Gasteiger partial charge in [-0.2, -0.15) is 5.10 Å². The smallest absolute Gasteiger partial charge is 0.227 e. The number of carbonyl (C=O) groups is 1. The quantitative estimate of drug-likeness (QED) is 0.432. The van der Waals surface area contributed by atoms with Gasteiger partial charge in [0.2, 0.25) is 11.8 Å². The zero-order chi connectivity index (χ0) is 22.0. The van der Waals surface area contributed by atoms with Gasteiger partial charge in [-0.05, 0) is 56.0 Å². The van der Waals surface area contributed by atoms with Gasteiger partial charge in [0, 0.05) is 17.5 Å². The predicted molar refractivity (Wildman–Crippen MR) is 123 cm³/mol. The molecule has 1 heterocycles. The van der Waals surface area contributed by atoms with Crippen molar-refractivity contribution in [1.82, 2.24) is 14.7 Å². The first-order valence-electron chi connectivity index (χ1n) is 10.8. The van der Waals surface area contributed by atoms with Gasteiger partial charge in [-0.25, -0.2) is 4.68 Å². The van der Waals surface area contributed by atoms with E-state index in [0.717, 1.165) is 35.5 Å². The molecule has 31 heavy (non-hydrogen) atoms. The molecule has 0 aliphatic heterocycles. The predicted octanol–water partition coefficient (Wildman–Crippen LogP) is 6.02. The average Bonchev–Trinajstić information content (AvgIpc) is 3.54. The first kappa shape index (κ1) is 21.4. The van der Waals surface area contributed by atoms with E-state index in [9.17, 15) is 4.79 Å². The molecule has 1 aromatic heterocycles. The van der Waals surface area contributed by atoms with E-state index in [1.165, 1.54) is 0 Å². The van der Waals surface area contributed by atoms with Crippen molar-refractivity contribution in [2.45, 2.75) is 40.2 Å². The molecule has 0 unspecified atom stereocenters. The second-order valence-electron chi connectivity index (χ2n) is 8.56. The lowest BCUT2D eigenvalue weighted by atomic mass is 10.1. The number of halogens is 1. The fourth-order valence-electron chi connectivity index (χ4n) is 3.66. The van der Waals surface area contributed by atoms with Gasteiger partial charge < -0.3 is 9.64 Å². The Hall–Kier alpha value is -2.79. The number of para-hydroxylation sites is 1. The normalized spacial score (nSPS) is 13.5. The minimum atomic E-state index is 0.167. The molecule has 4 rings (SSSR count). The molecule has 0 bridgehead atoms. The monoisotopic (exact) mass is 437 g/mol. The Labute approximate surface area is 188 Å². The number of rotatable bonds is 8. The van der Waals surface area contributed by atoms with Crippen molar-refractivity contribution in [1.29, 1.82) is 0 Å². The molecule has 0 N–H and O–H groups in total. The van der Waals surface area contributed by atoms with E-state index < -0.39 is 0 Å². The summed E-state index contributed by atoms with van der Waals surface area (Å²) < 4.78 is 8.11. The van der Waals surface area contributed by atoms with Crippen LogP contribution in [0.5, 0.6) is 11.6 Å². The number of amides is 1. The molecule has 2 aromatic carbocycles. The van der Waals surface area contributed by atoms with Gasteiger partial charge in [0.15, 0.2) is 0 Å². The molecule has 162 valence electrons. The van der Waals surface area contributed by atoms with E-state index in [1.807, 2.05) is 66.4 Å². The van der Waals surface area contributed by atoms with E-state index in [0.29, 0.717) is 29.9 Å². The molecule has 1 fully saturated rings. The van der Waals surface area contributed by atoms with Crippen LogP contribution in [0.3, 0.4) is 0 Å². The first-order chi connectivity index (χ1) is 14.9. The number of ether oxygens (including phenoxy) is 1. The zero-order valence-electron chi connectivity index (χ0n) is 18.2. The van der Waals surface area contributed by atoms with Crippen LogP contribution >= 0.6 is 11.6 Å². The van der Waals surface area contributed by atoms with Crippen molar-refractivity contribution in [3.05, 3.63) is 70.9 Å². The van der Waals surface area contributed by atoms with Gasteiger partial charge in [0.05, 0.1) is 23.5 Å². The van der Waals surface area contributed by atoms with Crippen molar-refractivity contribution in [3.8, 4) is 17.3 Å². The van der Waals surface area contributed by atoms with Crippen LogP contribution in [0.25, 0.3) is 5.69 Å². The molecular weight excluding hydrogens is 410 g/mol. The fourth-order valence-corrected chi connectivity index (χ4v) is 3.85. The third-order valence-electron chi connectivity index (χ3n) is 5.32. The van der Waals surface area contributed by atoms with Crippen LogP contribution < -0.4 is 4.74 Å². The van der Waals surface area contributed by atoms with E-state index in [1.54, 1.807) is 4.68 Å². The molecule has 0 atom stereocenters. The van der Waals surface area contributed by atoms with Crippen LogP contribution in [0, 0.1) is 18.8 Å². The molecular formula is C25H28ClN3O2. The van der Waals surface area contributed by atoms with Crippen LogP contribution in [0.15, 0.2) is 54.6 Å². The number of carbonyl (C=O) groups excluding carboxylic acids is 1. The first-order valence-corrected chi connectivity index (χ1v) is 11.2. The van der Waals surface area contributed by atoms with Crippen molar-refractivity contribution < 1.29 is 9.53 Å². The fraction of sp³-hybridized carbons (Fsp3) is 0.360. The summed E-state index contributed by atoms with van der Waals surface area (Å²) in [5, 5.41) is 5.39. The van der Waals surface area contributed by atoms with Crippen LogP contribution in [-0.2, 0) is 11.3 Å². The molecule has 0 spiro atoms. The van der Waals surface area contributed by atoms with Gasteiger partial charge in [0.1, 0.15) is 5.75 Å². The summed E-state index contributed by atoms with van der Waals surface area (Å²) in [6, 6.07) is 17.2. The topological polar surface area (TPSA) is 47.4 Å². The molecule has 1 amide bonds. The molecule has 1 aliphatic rings. The lowest BCUT2D eigenvalue weighted by Gasteiger charge is -2.25. The SMILES string of the molecule is Cc1nn(-c2cccc(Cl)c2)c(Oc2ccccc2)c1CN(CC(C)C)C(=O)C1CC1. The Morgan fingerprint density at radius 3 is 2.58 bits per heavy atom. The summed E-state index contributed by atoms with van der Waals surface area (Å²) >= 11 is 6.24. The molecule has 1 aliphatic carbocycles. The summed E-state index contributed by atoms with van der Waals surface area (Å²) in [5.74, 6) is 2.11. The average molecular weight is 438 g/mol. The zero-order valence-corrected chi connectivity index (χ0v) is 19.0. The van der Waals surface area contributed by atoms with Gasteiger partial charge in [-0.1, -0.05) is 49.7 Å². The second-order valence-corrected chi connectivity index (χ2v) is 9.00. The Morgan fingerprint density at radius 2 is 1.94 bits per heavy atom. The van der Waals surface area contributed by atoms with Crippen LogP contribution in [0.4, 0.5) is 0 Å². The number of nitrogens with zero attached hydrogens (tertiary/aromatic N) is 3. The van der Waals surface area contributed by atoms with E-state index >= 15 is 0 Å². The van der Waals surface area contributed by atoms with Crippen molar-refractivity contribution in [2.24, 2.45) is 11.8 Å². The molecule has 3 aromatic rings. The summed E-state index contributed by atoms with van der Waals surface area (Å²) in [4.78, 5) is 15.0. The van der Waals surface area contributed by atoms with E-state index in [2.05, 4.69) is 13.8 Å². The minimum Gasteiger partial charge on any atom is -0.439 e. The number of hydrogen-bond acceptors (Lipinski definition) is 3. The number of aromatic nitrogens is 2. The summed E-state index contributed by atoms with van der Waals surface area (Å²) in [6.07, 6.45) is 1.98. The number of hydrogen-bond donors (Lipinski definition) is 0. The van der Waals surface area contributed by atoms with Crippen molar-refractivity contribution >= 4 is 17.5 Å². The highest BCUT2D eigenvalue weighted by Crippen LogP contribution is 2.35. The highest BCUT2D eigenvalue weighted by atomic mass is 35.5. The standard InChI is InChI=1S/C25H28ClN3O2/c1-17(2)15-28(24(30)19-12-13-19)16-23-18(3)27-29(21-9-7-8-20(26)14-21)25(23)31-22-10-5-4-6-11-22/h4-11,14,17,19H,12-13,15-16H2,1-3H3. The van der Waals surface area contributed by atoms with E-state index in [-0.39, 0.29) is 11.8 Å². The van der Waals surface area contributed by atoms with E-state index in [4.69, 9.17) is 21.4 Å². The Morgan fingerprint density at radius 1 is 1.19 bits per heavy atom. The number of aryl methyl sites for hydroxylation is 1. The summed E-state index contributed by atoms with van der Waals surface area (Å²) in [6.45, 7) is 7.42. The molecule has 1 saturated carbocycles. The third kappa shape index (κ3) is 5.10. The molecule has 5 nitrogen and oxygen atoms in total. The second kappa shape index (κ2) is 9.15.